The van der Waals surface area contributed by atoms with E-state index in [9.17, 15) is 8.42 Å². The standard InChI is InChI=1S/C19H28N4O3S2.HI/c1-2-28(24,25)23-11-8-16(9-12-23)22-19(21-15-18-6-4-14-27-18)20-10-7-17-5-3-13-26-17;/h3-6,13-14,16H,2,7-12,15H2,1H3,(H2,20,21,22);1H. The van der Waals surface area contributed by atoms with Crippen LogP contribution in [0.3, 0.4) is 0 Å². The molecule has 7 nitrogen and oxygen atoms in total. The van der Waals surface area contributed by atoms with Crippen LogP contribution in [-0.2, 0) is 23.0 Å². The van der Waals surface area contributed by atoms with E-state index in [0.717, 1.165) is 31.0 Å². The van der Waals surface area contributed by atoms with E-state index in [0.29, 0.717) is 26.2 Å². The average molecular weight is 553 g/mol. The summed E-state index contributed by atoms with van der Waals surface area (Å²) in [6.07, 6.45) is 4.01. The van der Waals surface area contributed by atoms with Crippen LogP contribution in [0.1, 0.15) is 30.4 Å². The molecule has 29 heavy (non-hydrogen) atoms. The number of aliphatic imine (C=N–C) groups is 1. The van der Waals surface area contributed by atoms with Gasteiger partial charge in [0.05, 0.1) is 18.6 Å². The van der Waals surface area contributed by atoms with Gasteiger partial charge < -0.3 is 15.1 Å². The molecule has 1 fully saturated rings. The van der Waals surface area contributed by atoms with Crippen molar-refractivity contribution in [3.05, 3.63) is 46.5 Å². The molecule has 2 aromatic heterocycles. The molecule has 0 unspecified atom stereocenters. The van der Waals surface area contributed by atoms with E-state index in [4.69, 9.17) is 9.41 Å². The Balaban J connectivity index is 0.00000300. The molecule has 1 aliphatic rings. The van der Waals surface area contributed by atoms with Crippen molar-refractivity contribution >= 4 is 51.3 Å². The molecule has 3 rings (SSSR count). The maximum Gasteiger partial charge on any atom is 0.213 e. The number of hydrogen-bond donors (Lipinski definition) is 2. The van der Waals surface area contributed by atoms with E-state index >= 15 is 0 Å². The van der Waals surface area contributed by atoms with E-state index in [1.54, 1.807) is 28.8 Å². The lowest BCUT2D eigenvalue weighted by Crippen LogP contribution is -2.50. The Bertz CT molecular complexity index is 831. The van der Waals surface area contributed by atoms with Gasteiger partial charge in [-0.25, -0.2) is 17.7 Å². The third kappa shape index (κ3) is 7.58. The normalized spacial score (nSPS) is 16.4. The molecule has 2 N–H and O–H groups in total. The second-order valence-electron chi connectivity index (χ2n) is 6.72. The van der Waals surface area contributed by atoms with Crippen LogP contribution in [0.4, 0.5) is 0 Å². The molecule has 0 atom stereocenters. The number of nitrogens with one attached hydrogen (secondary N) is 2. The predicted molar refractivity (Wildman–Crippen MR) is 128 cm³/mol. The van der Waals surface area contributed by atoms with Gasteiger partial charge in [-0.2, -0.15) is 0 Å². The molecule has 0 bridgehead atoms. The number of piperidine rings is 1. The Hall–Kier alpha value is -1.11. The Kier molecular flexibility index (Phi) is 9.93. The summed E-state index contributed by atoms with van der Waals surface area (Å²) in [6.45, 7) is 4.14. The molecule has 10 heteroatoms. The Morgan fingerprint density at radius 3 is 2.72 bits per heavy atom. The van der Waals surface area contributed by atoms with E-state index < -0.39 is 10.0 Å². The molecule has 0 spiro atoms. The lowest BCUT2D eigenvalue weighted by atomic mass is 10.1. The minimum atomic E-state index is -3.10. The summed E-state index contributed by atoms with van der Waals surface area (Å²) >= 11 is 1.69. The van der Waals surface area contributed by atoms with Gasteiger partial charge in [0, 0.05) is 37.0 Å². The van der Waals surface area contributed by atoms with Gasteiger partial charge in [-0.15, -0.1) is 35.3 Å². The first-order valence-corrected chi connectivity index (χ1v) is 12.1. The summed E-state index contributed by atoms with van der Waals surface area (Å²) in [4.78, 5) is 5.91. The topological polar surface area (TPSA) is 86.9 Å². The third-order valence-electron chi connectivity index (χ3n) is 4.77. The van der Waals surface area contributed by atoms with Crippen LogP contribution in [0.2, 0.25) is 0 Å². The zero-order chi connectivity index (χ0) is 19.8. The second-order valence-corrected chi connectivity index (χ2v) is 10.0. The van der Waals surface area contributed by atoms with E-state index in [2.05, 4.69) is 16.7 Å². The van der Waals surface area contributed by atoms with Crippen molar-refractivity contribution in [3.63, 3.8) is 0 Å². The van der Waals surface area contributed by atoms with Gasteiger partial charge in [0.25, 0.3) is 0 Å². The van der Waals surface area contributed by atoms with Gasteiger partial charge in [0.15, 0.2) is 5.96 Å². The summed E-state index contributed by atoms with van der Waals surface area (Å²) in [5.41, 5.74) is 0. The largest absolute Gasteiger partial charge is 0.469 e. The first-order valence-electron chi connectivity index (χ1n) is 9.64. The number of guanidine groups is 1. The highest BCUT2D eigenvalue weighted by Crippen LogP contribution is 2.15. The summed E-state index contributed by atoms with van der Waals surface area (Å²) in [5.74, 6) is 1.85. The monoisotopic (exact) mass is 552 g/mol. The molecule has 1 aliphatic heterocycles. The summed E-state index contributed by atoms with van der Waals surface area (Å²) < 4.78 is 31.0. The molecule has 2 aromatic rings. The van der Waals surface area contributed by atoms with Crippen molar-refractivity contribution in [1.82, 2.24) is 14.9 Å². The van der Waals surface area contributed by atoms with E-state index in [1.165, 1.54) is 4.88 Å². The number of furan rings is 1. The van der Waals surface area contributed by atoms with Crippen LogP contribution in [-0.4, -0.2) is 50.1 Å². The van der Waals surface area contributed by atoms with Crippen LogP contribution in [0.15, 0.2) is 45.3 Å². The van der Waals surface area contributed by atoms with Crippen molar-refractivity contribution < 1.29 is 12.8 Å². The Morgan fingerprint density at radius 2 is 2.10 bits per heavy atom. The van der Waals surface area contributed by atoms with Crippen molar-refractivity contribution in [2.75, 3.05) is 25.4 Å². The zero-order valence-electron chi connectivity index (χ0n) is 16.5. The third-order valence-corrected chi connectivity index (χ3v) is 7.51. The Labute approximate surface area is 194 Å². The number of rotatable bonds is 8. The summed E-state index contributed by atoms with van der Waals surface area (Å²) in [7, 11) is -3.10. The summed E-state index contributed by atoms with van der Waals surface area (Å²) in [5, 5.41) is 8.90. The SMILES string of the molecule is CCS(=O)(=O)N1CCC(NC(=NCc2cccs2)NCCc2ccco2)CC1.I. The summed E-state index contributed by atoms with van der Waals surface area (Å²) in [6, 6.07) is 8.15. The minimum absolute atomic E-state index is 0. The molecule has 1 saturated heterocycles. The maximum atomic E-state index is 12.0. The van der Waals surface area contributed by atoms with Gasteiger partial charge in [-0.1, -0.05) is 6.07 Å². The molecule has 0 saturated carbocycles. The van der Waals surface area contributed by atoms with E-state index in [-0.39, 0.29) is 35.8 Å². The fourth-order valence-corrected chi connectivity index (χ4v) is 4.89. The predicted octanol–water partition coefficient (Wildman–Crippen LogP) is 3.05. The molecule has 0 amide bonds. The van der Waals surface area contributed by atoms with Crippen LogP contribution >= 0.6 is 35.3 Å². The van der Waals surface area contributed by atoms with Crippen molar-refractivity contribution in [2.24, 2.45) is 4.99 Å². The van der Waals surface area contributed by atoms with Crippen LogP contribution in [0.5, 0.6) is 0 Å². The molecular weight excluding hydrogens is 523 g/mol. The molecule has 0 radical (unpaired) electrons. The first kappa shape index (κ1) is 24.2. The highest BCUT2D eigenvalue weighted by Gasteiger charge is 2.27. The quantitative estimate of drug-likeness (QED) is 0.299. The first-order chi connectivity index (χ1) is 13.6. The highest BCUT2D eigenvalue weighted by molar-refractivity contribution is 14.0. The Morgan fingerprint density at radius 1 is 1.31 bits per heavy atom. The molecule has 0 aromatic carbocycles. The van der Waals surface area contributed by atoms with Crippen LogP contribution < -0.4 is 10.6 Å². The van der Waals surface area contributed by atoms with Crippen molar-refractivity contribution in [1.29, 1.82) is 0 Å². The average Bonchev–Trinajstić information content (AvgIpc) is 3.40. The number of sulfonamides is 1. The zero-order valence-corrected chi connectivity index (χ0v) is 20.5. The second kappa shape index (κ2) is 11.9. The van der Waals surface area contributed by atoms with Crippen LogP contribution in [0, 0.1) is 0 Å². The molecule has 3 heterocycles. The number of hydrogen-bond acceptors (Lipinski definition) is 5. The highest BCUT2D eigenvalue weighted by atomic mass is 127. The van der Waals surface area contributed by atoms with E-state index in [1.807, 2.05) is 23.6 Å². The van der Waals surface area contributed by atoms with Gasteiger partial charge in [-0.05, 0) is 43.3 Å². The maximum absolute atomic E-state index is 12.0. The van der Waals surface area contributed by atoms with Gasteiger partial charge in [0.2, 0.25) is 10.0 Å². The van der Waals surface area contributed by atoms with Crippen molar-refractivity contribution in [3.8, 4) is 0 Å². The van der Waals surface area contributed by atoms with Crippen molar-refractivity contribution in [2.45, 2.75) is 38.8 Å². The number of halogens is 1. The van der Waals surface area contributed by atoms with Crippen LogP contribution in [0.25, 0.3) is 0 Å². The fourth-order valence-electron chi connectivity index (χ4n) is 3.13. The van der Waals surface area contributed by atoms with Gasteiger partial charge >= 0.3 is 0 Å². The smallest absolute Gasteiger partial charge is 0.213 e. The molecule has 162 valence electrons. The fraction of sp³-hybridized carbons (Fsp3) is 0.526. The lowest BCUT2D eigenvalue weighted by Gasteiger charge is -2.32. The number of thiophene rings is 1. The molecule has 0 aliphatic carbocycles. The lowest BCUT2D eigenvalue weighted by molar-refractivity contribution is 0.306. The van der Waals surface area contributed by atoms with Gasteiger partial charge in [0.1, 0.15) is 5.76 Å². The molecular formula is C19H29IN4O3S2. The number of nitrogens with zero attached hydrogens (tertiary/aromatic N) is 2. The minimum Gasteiger partial charge on any atom is -0.469 e. The van der Waals surface area contributed by atoms with Gasteiger partial charge in [-0.3, -0.25) is 0 Å².